The monoisotopic (exact) mass is 288 g/mol. The molecule has 19 heavy (non-hydrogen) atoms. The van der Waals surface area contributed by atoms with E-state index in [1.54, 1.807) is 7.11 Å². The quantitative estimate of drug-likeness (QED) is 0.780. The molecule has 1 atom stereocenters. The summed E-state index contributed by atoms with van der Waals surface area (Å²) < 4.78 is 10.0. The number of methoxy groups -OCH3 is 2. The number of carbonyl (C=O) groups excluding carboxylic acids is 1. The third-order valence-corrected chi connectivity index (χ3v) is 2.56. The number of nitrogens with one attached hydrogen (secondary N) is 1. The molecule has 0 fully saturated rings. The fourth-order valence-corrected chi connectivity index (χ4v) is 1.61. The van der Waals surface area contributed by atoms with E-state index in [1.807, 2.05) is 24.3 Å². The van der Waals surface area contributed by atoms with Crippen LogP contribution in [0.3, 0.4) is 0 Å². The molecule has 1 amide bonds. The van der Waals surface area contributed by atoms with Gasteiger partial charge in [0.15, 0.2) is 0 Å². The second-order valence-corrected chi connectivity index (χ2v) is 3.93. The van der Waals surface area contributed by atoms with Crippen LogP contribution >= 0.6 is 12.4 Å². The third-order valence-electron chi connectivity index (χ3n) is 2.56. The summed E-state index contributed by atoms with van der Waals surface area (Å²) in [4.78, 5) is 11.6. The number of nitrogens with two attached hydrogens (primary N) is 1. The molecule has 1 rings (SSSR count). The first-order valence-electron chi connectivity index (χ1n) is 5.78. The lowest BCUT2D eigenvalue weighted by atomic mass is 10.1. The van der Waals surface area contributed by atoms with Crippen LogP contribution in [-0.2, 0) is 27.4 Å². The van der Waals surface area contributed by atoms with Crippen LogP contribution in [0.1, 0.15) is 11.1 Å². The van der Waals surface area contributed by atoms with E-state index in [0.29, 0.717) is 13.2 Å². The van der Waals surface area contributed by atoms with Crippen LogP contribution in [0.5, 0.6) is 0 Å². The number of carbonyl (C=O) groups is 1. The first-order valence-corrected chi connectivity index (χ1v) is 5.78. The number of hydrogen-bond donors (Lipinski definition) is 2. The van der Waals surface area contributed by atoms with Gasteiger partial charge in [-0.1, -0.05) is 24.3 Å². The predicted octanol–water partition coefficient (Wildman–Crippen LogP) is 0.845. The van der Waals surface area contributed by atoms with E-state index in [4.69, 9.17) is 15.2 Å². The van der Waals surface area contributed by atoms with Crippen molar-refractivity contribution in [1.29, 1.82) is 0 Å². The summed E-state index contributed by atoms with van der Waals surface area (Å²) in [6, 6.07) is 7.86. The first kappa shape index (κ1) is 17.9. The second kappa shape index (κ2) is 9.75. The van der Waals surface area contributed by atoms with Crippen LogP contribution in [-0.4, -0.2) is 32.8 Å². The Morgan fingerprint density at radius 3 is 2.63 bits per heavy atom. The Morgan fingerprint density at radius 2 is 2.05 bits per heavy atom. The summed E-state index contributed by atoms with van der Waals surface area (Å²) in [5.41, 5.74) is 7.51. The average molecular weight is 289 g/mol. The zero-order chi connectivity index (χ0) is 13.4. The molecule has 0 bridgehead atoms. The Bertz CT molecular complexity index is 384. The van der Waals surface area contributed by atoms with Gasteiger partial charge in [-0.3, -0.25) is 4.79 Å². The highest BCUT2D eigenvalue weighted by atomic mass is 35.5. The molecule has 3 N–H and O–H groups in total. The van der Waals surface area contributed by atoms with Gasteiger partial charge in [0.1, 0.15) is 6.10 Å². The lowest BCUT2D eigenvalue weighted by Gasteiger charge is -2.13. The van der Waals surface area contributed by atoms with E-state index in [1.165, 1.54) is 7.11 Å². The highest BCUT2D eigenvalue weighted by Gasteiger charge is 2.14. The van der Waals surface area contributed by atoms with Crippen molar-refractivity contribution in [3.63, 3.8) is 0 Å². The number of halogens is 1. The topological polar surface area (TPSA) is 73.6 Å². The van der Waals surface area contributed by atoms with E-state index in [-0.39, 0.29) is 24.9 Å². The second-order valence-electron chi connectivity index (χ2n) is 3.93. The summed E-state index contributed by atoms with van der Waals surface area (Å²) >= 11 is 0. The maximum absolute atomic E-state index is 11.6. The summed E-state index contributed by atoms with van der Waals surface area (Å²) in [5, 5.41) is 2.79. The van der Waals surface area contributed by atoms with Gasteiger partial charge in [0.2, 0.25) is 0 Å². The van der Waals surface area contributed by atoms with Gasteiger partial charge in [-0.2, -0.15) is 0 Å². The average Bonchev–Trinajstić information content (AvgIpc) is 2.39. The molecule has 1 aromatic carbocycles. The molecule has 5 nitrogen and oxygen atoms in total. The fourth-order valence-electron chi connectivity index (χ4n) is 1.61. The molecule has 108 valence electrons. The lowest BCUT2D eigenvalue weighted by Crippen LogP contribution is -2.40. The van der Waals surface area contributed by atoms with Crippen molar-refractivity contribution in [3.8, 4) is 0 Å². The Kier molecular flexibility index (Phi) is 9.16. The molecule has 0 saturated heterocycles. The Morgan fingerprint density at radius 1 is 1.37 bits per heavy atom. The number of benzene rings is 1. The van der Waals surface area contributed by atoms with Gasteiger partial charge in [0.05, 0.1) is 6.61 Å². The van der Waals surface area contributed by atoms with Crippen LogP contribution in [0.15, 0.2) is 24.3 Å². The number of hydrogen-bond acceptors (Lipinski definition) is 4. The van der Waals surface area contributed by atoms with Gasteiger partial charge < -0.3 is 20.5 Å². The van der Waals surface area contributed by atoms with Gasteiger partial charge in [-0.15, -0.1) is 12.4 Å². The largest absolute Gasteiger partial charge is 0.380 e. The molecule has 6 heteroatoms. The lowest BCUT2D eigenvalue weighted by molar-refractivity contribution is -0.130. The maximum atomic E-state index is 11.6. The van der Waals surface area contributed by atoms with Crippen LogP contribution < -0.4 is 11.1 Å². The van der Waals surface area contributed by atoms with Gasteiger partial charge >= 0.3 is 0 Å². The van der Waals surface area contributed by atoms with Crippen molar-refractivity contribution in [2.45, 2.75) is 19.3 Å². The smallest absolute Gasteiger partial charge is 0.250 e. The minimum absolute atomic E-state index is 0. The highest BCUT2D eigenvalue weighted by Crippen LogP contribution is 2.06. The molecular formula is C13H21ClN2O3. The van der Waals surface area contributed by atoms with Gasteiger partial charge in [0.25, 0.3) is 5.91 Å². The van der Waals surface area contributed by atoms with Crippen LogP contribution in [0.4, 0.5) is 0 Å². The van der Waals surface area contributed by atoms with E-state index < -0.39 is 6.10 Å². The molecule has 0 spiro atoms. The van der Waals surface area contributed by atoms with E-state index >= 15 is 0 Å². The third kappa shape index (κ3) is 6.02. The minimum atomic E-state index is -0.591. The van der Waals surface area contributed by atoms with Crippen LogP contribution in [0, 0.1) is 0 Å². The predicted molar refractivity (Wildman–Crippen MR) is 76.1 cm³/mol. The SMILES string of the molecule is COCc1cccc(CNC(=O)C(CN)OC)c1.Cl. The van der Waals surface area contributed by atoms with Crippen molar-refractivity contribution in [2.75, 3.05) is 20.8 Å². The summed E-state index contributed by atoms with van der Waals surface area (Å²) in [7, 11) is 3.12. The van der Waals surface area contributed by atoms with Crippen molar-refractivity contribution < 1.29 is 14.3 Å². The molecule has 1 aromatic rings. The standard InChI is InChI=1S/C13H20N2O3.ClH/c1-17-9-11-5-3-4-10(6-11)8-15-13(16)12(7-14)18-2;/h3-6,12H,7-9,14H2,1-2H3,(H,15,16);1H. The molecule has 0 aromatic heterocycles. The summed E-state index contributed by atoms with van der Waals surface area (Å²) in [5.74, 6) is -0.197. The zero-order valence-corrected chi connectivity index (χ0v) is 12.0. The van der Waals surface area contributed by atoms with Gasteiger partial charge in [0, 0.05) is 27.3 Å². The molecule has 0 aliphatic heterocycles. The van der Waals surface area contributed by atoms with Gasteiger partial charge in [-0.25, -0.2) is 0 Å². The Labute approximate surface area is 119 Å². The Balaban J connectivity index is 0.00000324. The van der Waals surface area contributed by atoms with Crippen molar-refractivity contribution in [1.82, 2.24) is 5.32 Å². The fraction of sp³-hybridized carbons (Fsp3) is 0.462. The number of rotatable bonds is 7. The first-order chi connectivity index (χ1) is 8.71. The highest BCUT2D eigenvalue weighted by molar-refractivity contribution is 5.85. The molecule has 0 radical (unpaired) electrons. The van der Waals surface area contributed by atoms with Gasteiger partial charge in [-0.05, 0) is 11.1 Å². The zero-order valence-electron chi connectivity index (χ0n) is 11.2. The summed E-state index contributed by atoms with van der Waals surface area (Å²) in [6.07, 6.45) is -0.591. The molecule has 1 unspecified atom stereocenters. The van der Waals surface area contributed by atoms with Crippen LogP contribution in [0.25, 0.3) is 0 Å². The maximum Gasteiger partial charge on any atom is 0.250 e. The van der Waals surface area contributed by atoms with Crippen molar-refractivity contribution in [2.24, 2.45) is 5.73 Å². The molecular weight excluding hydrogens is 268 g/mol. The number of ether oxygens (including phenoxy) is 2. The molecule has 0 aliphatic carbocycles. The Hall–Kier alpha value is -1.14. The minimum Gasteiger partial charge on any atom is -0.380 e. The van der Waals surface area contributed by atoms with E-state index in [0.717, 1.165) is 11.1 Å². The number of amides is 1. The van der Waals surface area contributed by atoms with Crippen molar-refractivity contribution in [3.05, 3.63) is 35.4 Å². The molecule has 0 saturated carbocycles. The van der Waals surface area contributed by atoms with E-state index in [2.05, 4.69) is 5.32 Å². The normalized spacial score (nSPS) is 11.5. The van der Waals surface area contributed by atoms with E-state index in [9.17, 15) is 4.79 Å². The summed E-state index contributed by atoms with van der Waals surface area (Å²) in [6.45, 7) is 1.19. The van der Waals surface area contributed by atoms with Crippen molar-refractivity contribution >= 4 is 18.3 Å². The molecule has 0 aliphatic rings. The molecule has 0 heterocycles. The van der Waals surface area contributed by atoms with Crippen LogP contribution in [0.2, 0.25) is 0 Å².